The lowest BCUT2D eigenvalue weighted by Gasteiger charge is -2.01. The standard InChI is InChI=1S/C14H16F2N2O2/c1-10-4-2-3-5-11(10)8-13-17-14(20-18-13)6-7-19-9-12(15)16/h2-5,12H,6-9H2,1H3. The van der Waals surface area contributed by atoms with E-state index in [4.69, 9.17) is 9.26 Å². The molecule has 2 aromatic rings. The Hall–Kier alpha value is -1.82. The van der Waals surface area contributed by atoms with Gasteiger partial charge in [0.15, 0.2) is 5.82 Å². The molecule has 20 heavy (non-hydrogen) atoms. The minimum absolute atomic E-state index is 0.149. The molecule has 0 saturated carbocycles. The number of nitrogens with zero attached hydrogens (tertiary/aromatic N) is 2. The number of hydrogen-bond acceptors (Lipinski definition) is 4. The average Bonchev–Trinajstić information content (AvgIpc) is 2.85. The fraction of sp³-hybridized carbons (Fsp3) is 0.429. The summed E-state index contributed by atoms with van der Waals surface area (Å²) in [5.74, 6) is 0.992. The van der Waals surface area contributed by atoms with Crippen LogP contribution in [0.1, 0.15) is 22.8 Å². The molecule has 0 amide bonds. The molecular weight excluding hydrogens is 266 g/mol. The molecule has 0 saturated heterocycles. The quantitative estimate of drug-likeness (QED) is 0.733. The zero-order valence-electron chi connectivity index (χ0n) is 11.2. The van der Waals surface area contributed by atoms with Crippen LogP contribution < -0.4 is 0 Å². The molecule has 0 spiro atoms. The van der Waals surface area contributed by atoms with Gasteiger partial charge in [0.2, 0.25) is 5.89 Å². The molecule has 2 rings (SSSR count). The molecule has 0 aliphatic carbocycles. The molecule has 0 aliphatic rings. The van der Waals surface area contributed by atoms with Crippen molar-refractivity contribution in [2.45, 2.75) is 26.2 Å². The van der Waals surface area contributed by atoms with E-state index in [1.807, 2.05) is 31.2 Å². The third kappa shape index (κ3) is 4.38. The third-order valence-electron chi connectivity index (χ3n) is 2.82. The Morgan fingerprint density at radius 1 is 1.30 bits per heavy atom. The largest absolute Gasteiger partial charge is 0.375 e. The Morgan fingerprint density at radius 2 is 2.10 bits per heavy atom. The highest BCUT2D eigenvalue weighted by Gasteiger charge is 2.09. The number of ether oxygens (including phenoxy) is 1. The highest BCUT2D eigenvalue weighted by molar-refractivity contribution is 5.27. The normalized spacial score (nSPS) is 11.2. The van der Waals surface area contributed by atoms with E-state index >= 15 is 0 Å². The summed E-state index contributed by atoms with van der Waals surface area (Å²) in [6, 6.07) is 7.97. The van der Waals surface area contributed by atoms with E-state index in [-0.39, 0.29) is 6.61 Å². The van der Waals surface area contributed by atoms with E-state index in [0.717, 1.165) is 5.56 Å². The van der Waals surface area contributed by atoms with Crippen LogP contribution in [0.5, 0.6) is 0 Å². The first-order valence-corrected chi connectivity index (χ1v) is 6.37. The first-order valence-electron chi connectivity index (χ1n) is 6.37. The minimum Gasteiger partial charge on any atom is -0.375 e. The van der Waals surface area contributed by atoms with Crippen molar-refractivity contribution in [3.8, 4) is 0 Å². The van der Waals surface area contributed by atoms with Gasteiger partial charge in [-0.2, -0.15) is 4.98 Å². The van der Waals surface area contributed by atoms with Gasteiger partial charge in [0.05, 0.1) is 13.0 Å². The fourth-order valence-corrected chi connectivity index (χ4v) is 1.77. The zero-order chi connectivity index (χ0) is 14.4. The average molecular weight is 282 g/mol. The summed E-state index contributed by atoms with van der Waals surface area (Å²) >= 11 is 0. The number of alkyl halides is 2. The smallest absolute Gasteiger partial charge is 0.261 e. The Labute approximate surface area is 115 Å². The van der Waals surface area contributed by atoms with Crippen LogP contribution in [0.25, 0.3) is 0 Å². The molecule has 1 aromatic heterocycles. The van der Waals surface area contributed by atoms with Crippen LogP contribution in [-0.4, -0.2) is 29.8 Å². The van der Waals surface area contributed by atoms with E-state index in [1.165, 1.54) is 5.56 Å². The van der Waals surface area contributed by atoms with Crippen LogP contribution in [-0.2, 0) is 17.6 Å². The lowest BCUT2D eigenvalue weighted by atomic mass is 10.1. The van der Waals surface area contributed by atoms with Gasteiger partial charge in [0.25, 0.3) is 6.43 Å². The van der Waals surface area contributed by atoms with Crippen molar-refractivity contribution in [3.63, 3.8) is 0 Å². The Bertz CT molecular complexity index is 543. The van der Waals surface area contributed by atoms with Gasteiger partial charge in [-0.15, -0.1) is 0 Å². The molecule has 0 unspecified atom stereocenters. The van der Waals surface area contributed by atoms with Crippen molar-refractivity contribution in [2.75, 3.05) is 13.2 Å². The molecule has 0 bridgehead atoms. The number of aromatic nitrogens is 2. The van der Waals surface area contributed by atoms with Gasteiger partial charge >= 0.3 is 0 Å². The Morgan fingerprint density at radius 3 is 2.85 bits per heavy atom. The number of aryl methyl sites for hydroxylation is 1. The van der Waals surface area contributed by atoms with Crippen molar-refractivity contribution in [1.82, 2.24) is 10.1 Å². The predicted molar refractivity (Wildman–Crippen MR) is 68.8 cm³/mol. The second-order valence-corrected chi connectivity index (χ2v) is 4.42. The molecule has 4 nitrogen and oxygen atoms in total. The van der Waals surface area contributed by atoms with Crippen LogP contribution in [0.15, 0.2) is 28.8 Å². The van der Waals surface area contributed by atoms with E-state index < -0.39 is 13.0 Å². The first kappa shape index (κ1) is 14.6. The Balaban J connectivity index is 1.85. The van der Waals surface area contributed by atoms with Gasteiger partial charge in [0.1, 0.15) is 6.61 Å². The maximum absolute atomic E-state index is 11.9. The monoisotopic (exact) mass is 282 g/mol. The maximum atomic E-state index is 11.9. The maximum Gasteiger partial charge on any atom is 0.261 e. The van der Waals surface area contributed by atoms with Gasteiger partial charge in [-0.3, -0.25) is 0 Å². The molecule has 0 radical (unpaired) electrons. The predicted octanol–water partition coefficient (Wildman–Crippen LogP) is 2.79. The molecule has 0 aliphatic heterocycles. The van der Waals surface area contributed by atoms with Crippen molar-refractivity contribution in [2.24, 2.45) is 0 Å². The highest BCUT2D eigenvalue weighted by atomic mass is 19.3. The van der Waals surface area contributed by atoms with E-state index in [2.05, 4.69) is 10.1 Å². The second-order valence-electron chi connectivity index (χ2n) is 4.42. The van der Waals surface area contributed by atoms with E-state index in [1.54, 1.807) is 0 Å². The van der Waals surface area contributed by atoms with Crippen LogP contribution in [0, 0.1) is 6.92 Å². The Kier molecular flexibility index (Phi) is 5.17. The van der Waals surface area contributed by atoms with Crippen LogP contribution in [0.3, 0.4) is 0 Å². The molecular formula is C14H16F2N2O2. The third-order valence-corrected chi connectivity index (χ3v) is 2.82. The summed E-state index contributed by atoms with van der Waals surface area (Å²) in [7, 11) is 0. The number of halogens is 2. The number of benzene rings is 1. The lowest BCUT2D eigenvalue weighted by molar-refractivity contribution is 0.0171. The topological polar surface area (TPSA) is 48.2 Å². The summed E-state index contributed by atoms with van der Waals surface area (Å²) in [5.41, 5.74) is 2.30. The van der Waals surface area contributed by atoms with Gasteiger partial charge in [-0.05, 0) is 18.1 Å². The molecule has 0 N–H and O–H groups in total. The number of rotatable bonds is 7. The summed E-state index contributed by atoms with van der Waals surface area (Å²) in [6.45, 7) is 1.61. The summed E-state index contributed by atoms with van der Waals surface area (Å²) < 4.78 is 33.6. The molecule has 0 fully saturated rings. The van der Waals surface area contributed by atoms with Gasteiger partial charge < -0.3 is 9.26 Å². The SMILES string of the molecule is Cc1ccccc1Cc1noc(CCOCC(F)F)n1. The first-order chi connectivity index (χ1) is 9.65. The second kappa shape index (κ2) is 7.09. The van der Waals surface area contributed by atoms with Crippen LogP contribution >= 0.6 is 0 Å². The van der Waals surface area contributed by atoms with Gasteiger partial charge in [0, 0.05) is 6.42 Å². The molecule has 0 atom stereocenters. The minimum atomic E-state index is -2.45. The molecule has 108 valence electrons. The van der Waals surface area contributed by atoms with Crippen molar-refractivity contribution in [1.29, 1.82) is 0 Å². The van der Waals surface area contributed by atoms with E-state index in [9.17, 15) is 8.78 Å². The van der Waals surface area contributed by atoms with Gasteiger partial charge in [-0.25, -0.2) is 8.78 Å². The zero-order valence-corrected chi connectivity index (χ0v) is 11.2. The molecule has 1 aromatic carbocycles. The summed E-state index contributed by atoms with van der Waals surface area (Å²) in [4.78, 5) is 4.22. The lowest BCUT2D eigenvalue weighted by Crippen LogP contribution is -2.07. The summed E-state index contributed by atoms with van der Waals surface area (Å²) in [6.07, 6.45) is -1.52. The van der Waals surface area contributed by atoms with Crippen molar-refractivity contribution >= 4 is 0 Å². The summed E-state index contributed by atoms with van der Waals surface area (Å²) in [5, 5.41) is 3.88. The van der Waals surface area contributed by atoms with Crippen molar-refractivity contribution in [3.05, 3.63) is 47.1 Å². The van der Waals surface area contributed by atoms with Gasteiger partial charge in [-0.1, -0.05) is 29.4 Å². The number of hydrogen-bond donors (Lipinski definition) is 0. The van der Waals surface area contributed by atoms with Crippen molar-refractivity contribution < 1.29 is 18.0 Å². The van der Waals surface area contributed by atoms with E-state index in [0.29, 0.717) is 24.6 Å². The highest BCUT2D eigenvalue weighted by Crippen LogP contribution is 2.11. The molecule has 1 heterocycles. The fourth-order valence-electron chi connectivity index (χ4n) is 1.77. The molecule has 6 heteroatoms. The van der Waals surface area contributed by atoms with Crippen LogP contribution in [0.2, 0.25) is 0 Å². The van der Waals surface area contributed by atoms with Crippen LogP contribution in [0.4, 0.5) is 8.78 Å².